The van der Waals surface area contributed by atoms with Crippen LogP contribution < -0.4 is 10.6 Å². The van der Waals surface area contributed by atoms with Gasteiger partial charge in [0.05, 0.1) is 6.54 Å². The van der Waals surface area contributed by atoms with Crippen LogP contribution in [0.2, 0.25) is 0 Å². The maximum atomic E-state index is 11.8. The van der Waals surface area contributed by atoms with Gasteiger partial charge in [-0.1, -0.05) is 18.2 Å². The van der Waals surface area contributed by atoms with Crippen molar-refractivity contribution < 1.29 is 4.79 Å². The van der Waals surface area contributed by atoms with Gasteiger partial charge in [-0.25, -0.2) is 0 Å². The summed E-state index contributed by atoms with van der Waals surface area (Å²) in [6, 6.07) is 9.87. The Hall–Kier alpha value is -1.65. The van der Waals surface area contributed by atoms with Gasteiger partial charge < -0.3 is 10.6 Å². The maximum Gasteiger partial charge on any atom is 0.238 e. The number of para-hydroxylation sites is 1. The fourth-order valence-corrected chi connectivity index (χ4v) is 2.66. The summed E-state index contributed by atoms with van der Waals surface area (Å²) in [4.78, 5) is 13.1. The molecule has 1 aromatic heterocycles. The summed E-state index contributed by atoms with van der Waals surface area (Å²) >= 11 is 1.71. The van der Waals surface area contributed by atoms with Crippen LogP contribution in [-0.2, 0) is 11.3 Å². The molecule has 0 radical (unpaired) electrons. The highest BCUT2D eigenvalue weighted by Gasteiger charge is 2.05. The normalized spacial score (nSPS) is 10.4. The number of benzene rings is 1. The fraction of sp³-hybridized carbons (Fsp3) is 0.267. The van der Waals surface area contributed by atoms with Gasteiger partial charge in [-0.2, -0.15) is 0 Å². The molecular weight excluding hydrogens is 256 g/mol. The molecule has 0 saturated heterocycles. The Morgan fingerprint density at radius 3 is 2.63 bits per heavy atom. The van der Waals surface area contributed by atoms with Gasteiger partial charge in [-0.3, -0.25) is 4.79 Å². The molecule has 3 nitrogen and oxygen atoms in total. The van der Waals surface area contributed by atoms with Crippen molar-refractivity contribution in [3.63, 3.8) is 0 Å². The van der Waals surface area contributed by atoms with Crippen LogP contribution in [0.4, 0.5) is 5.69 Å². The molecule has 0 saturated carbocycles. The third-order valence-electron chi connectivity index (χ3n) is 2.96. The van der Waals surface area contributed by atoms with Crippen molar-refractivity contribution in [1.82, 2.24) is 5.32 Å². The second-order valence-electron chi connectivity index (χ2n) is 4.49. The highest BCUT2D eigenvalue weighted by atomic mass is 32.1. The Morgan fingerprint density at radius 1 is 1.16 bits per heavy atom. The summed E-state index contributed by atoms with van der Waals surface area (Å²) in [7, 11) is 0. The van der Waals surface area contributed by atoms with E-state index in [9.17, 15) is 4.79 Å². The monoisotopic (exact) mass is 274 g/mol. The van der Waals surface area contributed by atoms with E-state index in [1.807, 2.05) is 31.2 Å². The largest absolute Gasteiger partial charge is 0.325 e. The van der Waals surface area contributed by atoms with Crippen molar-refractivity contribution in [2.24, 2.45) is 0 Å². The van der Waals surface area contributed by atoms with E-state index in [1.165, 1.54) is 10.4 Å². The van der Waals surface area contributed by atoms with Gasteiger partial charge in [0.15, 0.2) is 0 Å². The molecule has 19 heavy (non-hydrogen) atoms. The SMILES string of the molecule is Cc1ccccc1NC(=O)CNCc1sccc1C. The Bertz CT molecular complexity index is 563. The molecule has 0 bridgehead atoms. The lowest BCUT2D eigenvalue weighted by atomic mass is 10.2. The number of hydrogen-bond acceptors (Lipinski definition) is 3. The first-order chi connectivity index (χ1) is 9.16. The van der Waals surface area contributed by atoms with Crippen LogP contribution in [0, 0.1) is 13.8 Å². The average molecular weight is 274 g/mol. The van der Waals surface area contributed by atoms with Gasteiger partial charge in [0.1, 0.15) is 0 Å². The van der Waals surface area contributed by atoms with Crippen molar-refractivity contribution in [3.05, 3.63) is 51.7 Å². The lowest BCUT2D eigenvalue weighted by molar-refractivity contribution is -0.115. The van der Waals surface area contributed by atoms with Gasteiger partial charge in [-0.05, 0) is 42.5 Å². The molecule has 2 N–H and O–H groups in total. The zero-order valence-electron chi connectivity index (χ0n) is 11.2. The molecule has 1 amide bonds. The predicted molar refractivity (Wildman–Crippen MR) is 80.6 cm³/mol. The molecule has 0 aliphatic rings. The Labute approximate surface area is 117 Å². The first kappa shape index (κ1) is 13.8. The van der Waals surface area contributed by atoms with Crippen molar-refractivity contribution >= 4 is 22.9 Å². The standard InChI is InChI=1S/C15H18N2OS/c1-11-5-3-4-6-13(11)17-15(18)10-16-9-14-12(2)7-8-19-14/h3-8,16H,9-10H2,1-2H3,(H,17,18). The molecule has 1 aromatic carbocycles. The summed E-state index contributed by atoms with van der Waals surface area (Å²) in [5, 5.41) is 8.14. The van der Waals surface area contributed by atoms with E-state index in [-0.39, 0.29) is 5.91 Å². The molecule has 0 fully saturated rings. The number of amides is 1. The number of thiophene rings is 1. The molecule has 2 rings (SSSR count). The number of aryl methyl sites for hydroxylation is 2. The van der Waals surface area contributed by atoms with Crippen LogP contribution in [-0.4, -0.2) is 12.5 Å². The fourth-order valence-electron chi connectivity index (χ4n) is 1.78. The van der Waals surface area contributed by atoms with Crippen LogP contribution in [0.5, 0.6) is 0 Å². The molecule has 4 heteroatoms. The van der Waals surface area contributed by atoms with Crippen LogP contribution in [0.3, 0.4) is 0 Å². The van der Waals surface area contributed by atoms with E-state index < -0.39 is 0 Å². The van der Waals surface area contributed by atoms with Crippen LogP contribution in [0.25, 0.3) is 0 Å². The van der Waals surface area contributed by atoms with Crippen molar-refractivity contribution in [1.29, 1.82) is 0 Å². The number of nitrogens with one attached hydrogen (secondary N) is 2. The zero-order chi connectivity index (χ0) is 13.7. The minimum Gasteiger partial charge on any atom is -0.325 e. The second kappa shape index (κ2) is 6.50. The number of carbonyl (C=O) groups is 1. The highest BCUT2D eigenvalue weighted by Crippen LogP contribution is 2.15. The summed E-state index contributed by atoms with van der Waals surface area (Å²) < 4.78 is 0. The molecule has 0 spiro atoms. The molecular formula is C15H18N2OS. The molecule has 0 atom stereocenters. The smallest absolute Gasteiger partial charge is 0.238 e. The van der Waals surface area contributed by atoms with Gasteiger partial charge in [0, 0.05) is 17.1 Å². The Kier molecular flexibility index (Phi) is 4.71. The minimum absolute atomic E-state index is 0.0106. The van der Waals surface area contributed by atoms with E-state index in [4.69, 9.17) is 0 Å². The molecule has 0 aliphatic heterocycles. The van der Waals surface area contributed by atoms with Gasteiger partial charge >= 0.3 is 0 Å². The van der Waals surface area contributed by atoms with E-state index in [0.29, 0.717) is 6.54 Å². The third kappa shape index (κ3) is 3.91. The third-order valence-corrected chi connectivity index (χ3v) is 3.98. The first-order valence-corrected chi connectivity index (χ1v) is 7.14. The topological polar surface area (TPSA) is 41.1 Å². The number of carbonyl (C=O) groups excluding carboxylic acids is 1. The van der Waals surface area contributed by atoms with E-state index in [1.54, 1.807) is 11.3 Å². The predicted octanol–water partition coefficient (Wildman–Crippen LogP) is 3.09. The molecule has 0 unspecified atom stereocenters. The average Bonchev–Trinajstić information content (AvgIpc) is 2.78. The summed E-state index contributed by atoms with van der Waals surface area (Å²) in [6.45, 7) is 5.13. The number of rotatable bonds is 5. The summed E-state index contributed by atoms with van der Waals surface area (Å²) in [5.41, 5.74) is 3.23. The van der Waals surface area contributed by atoms with Crippen molar-refractivity contribution in [2.45, 2.75) is 20.4 Å². The van der Waals surface area contributed by atoms with E-state index >= 15 is 0 Å². The van der Waals surface area contributed by atoms with Crippen LogP contribution in [0.1, 0.15) is 16.0 Å². The quantitative estimate of drug-likeness (QED) is 0.879. The Morgan fingerprint density at radius 2 is 1.95 bits per heavy atom. The number of hydrogen-bond donors (Lipinski definition) is 2. The lowest BCUT2D eigenvalue weighted by Gasteiger charge is -2.08. The van der Waals surface area contributed by atoms with Crippen molar-refractivity contribution in [3.8, 4) is 0 Å². The molecule has 1 heterocycles. The Balaban J connectivity index is 1.79. The molecule has 100 valence electrons. The van der Waals surface area contributed by atoms with Gasteiger partial charge in [0.2, 0.25) is 5.91 Å². The van der Waals surface area contributed by atoms with Crippen molar-refractivity contribution in [2.75, 3.05) is 11.9 Å². The lowest BCUT2D eigenvalue weighted by Crippen LogP contribution is -2.27. The van der Waals surface area contributed by atoms with Crippen LogP contribution in [0.15, 0.2) is 35.7 Å². The van der Waals surface area contributed by atoms with Crippen LogP contribution >= 0.6 is 11.3 Å². The van der Waals surface area contributed by atoms with Gasteiger partial charge in [-0.15, -0.1) is 11.3 Å². The highest BCUT2D eigenvalue weighted by molar-refractivity contribution is 7.10. The first-order valence-electron chi connectivity index (χ1n) is 6.26. The van der Waals surface area contributed by atoms with E-state index in [2.05, 4.69) is 29.0 Å². The maximum absolute atomic E-state index is 11.8. The molecule has 0 aliphatic carbocycles. The van der Waals surface area contributed by atoms with E-state index in [0.717, 1.165) is 17.8 Å². The zero-order valence-corrected chi connectivity index (χ0v) is 12.0. The summed E-state index contributed by atoms with van der Waals surface area (Å²) in [5.74, 6) is -0.0106. The van der Waals surface area contributed by atoms with Gasteiger partial charge in [0.25, 0.3) is 0 Å². The molecule has 2 aromatic rings. The minimum atomic E-state index is -0.0106. The summed E-state index contributed by atoms with van der Waals surface area (Å²) in [6.07, 6.45) is 0. The second-order valence-corrected chi connectivity index (χ2v) is 5.49. The number of anilines is 1.